The molecule has 0 aliphatic heterocycles. The van der Waals surface area contributed by atoms with Gasteiger partial charge in [0.15, 0.2) is 0 Å². The lowest BCUT2D eigenvalue weighted by Gasteiger charge is -2.37. The fourth-order valence-electron chi connectivity index (χ4n) is 4.99. The molecule has 3 rings (SSSR count). The number of hydrogen-bond acceptors (Lipinski definition) is 0. The highest BCUT2D eigenvalue weighted by Gasteiger charge is 2.30. The first kappa shape index (κ1) is 16.1. The lowest BCUT2D eigenvalue weighted by atomic mass is 9.68. The Kier molecular flexibility index (Phi) is 4.95. The number of benzene rings is 1. The highest BCUT2D eigenvalue weighted by atomic mass is 14.4. The third-order valence-electron chi connectivity index (χ3n) is 6.92. The van der Waals surface area contributed by atoms with Gasteiger partial charge in [-0.2, -0.15) is 0 Å². The van der Waals surface area contributed by atoms with Gasteiger partial charge in [-0.05, 0) is 105 Å². The van der Waals surface area contributed by atoms with Gasteiger partial charge in [0.1, 0.15) is 0 Å². The minimum absolute atomic E-state index is 0. The number of hydrogen-bond donors (Lipinski definition) is 0. The van der Waals surface area contributed by atoms with Gasteiger partial charge in [0.25, 0.3) is 0 Å². The predicted molar refractivity (Wildman–Crippen MR) is 101 cm³/mol. The molecule has 0 N–H and O–H groups in total. The van der Waals surface area contributed by atoms with Crippen LogP contribution in [-0.4, -0.2) is 0 Å². The number of rotatable bonds is 2. The van der Waals surface area contributed by atoms with Crippen molar-refractivity contribution in [2.24, 2.45) is 17.8 Å². The van der Waals surface area contributed by atoms with Crippen LogP contribution in [0.2, 0.25) is 0 Å². The highest BCUT2D eigenvalue weighted by Crippen LogP contribution is 2.44. The zero-order chi connectivity index (χ0) is 15.7. The SMILES string of the molecule is Cc1cc(C2CCC(C3CCC(C)CC3)CC2)cc(C)c1C.[HH].[HH]. The second kappa shape index (κ2) is 6.77. The largest absolute Gasteiger partial charge is 0.0625 e. The number of aryl methyl sites for hydroxylation is 2. The van der Waals surface area contributed by atoms with E-state index in [4.69, 9.17) is 0 Å². The first-order chi connectivity index (χ1) is 10.5. The molecule has 2 aliphatic rings. The molecular weight excluding hydrogens is 264 g/mol. The van der Waals surface area contributed by atoms with Crippen LogP contribution in [0.4, 0.5) is 0 Å². The Hall–Kier alpha value is -0.780. The smallest absolute Gasteiger partial charge is 0 e. The van der Waals surface area contributed by atoms with Crippen molar-refractivity contribution in [2.75, 3.05) is 0 Å². The topological polar surface area (TPSA) is 0 Å². The van der Waals surface area contributed by atoms with Crippen LogP contribution in [0.3, 0.4) is 0 Å². The molecule has 2 aliphatic carbocycles. The van der Waals surface area contributed by atoms with E-state index >= 15 is 0 Å². The van der Waals surface area contributed by atoms with Gasteiger partial charge < -0.3 is 0 Å². The van der Waals surface area contributed by atoms with Gasteiger partial charge in [0.05, 0.1) is 0 Å². The maximum absolute atomic E-state index is 2.47. The molecular formula is C22H38. The van der Waals surface area contributed by atoms with Crippen LogP contribution < -0.4 is 0 Å². The van der Waals surface area contributed by atoms with Crippen molar-refractivity contribution in [1.82, 2.24) is 0 Å². The van der Waals surface area contributed by atoms with Crippen molar-refractivity contribution in [3.05, 3.63) is 34.4 Å². The molecule has 0 aromatic heterocycles. The average molecular weight is 303 g/mol. The monoisotopic (exact) mass is 302 g/mol. The Bertz CT molecular complexity index is 484. The summed E-state index contributed by atoms with van der Waals surface area (Å²) in [5, 5.41) is 0. The zero-order valence-electron chi connectivity index (χ0n) is 15.1. The second-order valence-corrected chi connectivity index (χ2v) is 8.41. The van der Waals surface area contributed by atoms with E-state index in [9.17, 15) is 0 Å². The maximum atomic E-state index is 2.47. The molecule has 2 fully saturated rings. The van der Waals surface area contributed by atoms with Crippen LogP contribution in [0.1, 0.15) is 89.3 Å². The maximum Gasteiger partial charge on any atom is 0 e. The van der Waals surface area contributed by atoms with Crippen LogP contribution in [0.5, 0.6) is 0 Å². The molecule has 0 unspecified atom stereocenters. The van der Waals surface area contributed by atoms with Gasteiger partial charge in [0, 0.05) is 2.85 Å². The molecule has 22 heavy (non-hydrogen) atoms. The summed E-state index contributed by atoms with van der Waals surface area (Å²) in [4.78, 5) is 0. The summed E-state index contributed by atoms with van der Waals surface area (Å²) in [6, 6.07) is 4.94. The summed E-state index contributed by atoms with van der Waals surface area (Å²) in [7, 11) is 0. The van der Waals surface area contributed by atoms with Gasteiger partial charge in [-0.25, -0.2) is 0 Å². The molecule has 1 aromatic carbocycles. The first-order valence-corrected chi connectivity index (χ1v) is 9.62. The third kappa shape index (κ3) is 3.42. The standard InChI is InChI=1S/C22H34.2H2/c1-15-5-7-19(8-6-15)20-9-11-21(12-10-20)22-13-16(2)18(4)17(3)14-22;;/h13-15,19-21H,5-12H2,1-4H3;2*1H. The van der Waals surface area contributed by atoms with Gasteiger partial charge in [-0.15, -0.1) is 0 Å². The summed E-state index contributed by atoms with van der Waals surface area (Å²) < 4.78 is 0. The van der Waals surface area contributed by atoms with Gasteiger partial charge in [0.2, 0.25) is 0 Å². The molecule has 0 amide bonds. The Morgan fingerprint density at radius 3 is 1.68 bits per heavy atom. The Labute approximate surface area is 140 Å². The van der Waals surface area contributed by atoms with E-state index in [1.807, 2.05) is 0 Å². The van der Waals surface area contributed by atoms with Crippen LogP contribution in [0.25, 0.3) is 0 Å². The van der Waals surface area contributed by atoms with Gasteiger partial charge >= 0.3 is 0 Å². The molecule has 0 bridgehead atoms. The second-order valence-electron chi connectivity index (χ2n) is 8.41. The molecule has 0 heterocycles. The lowest BCUT2D eigenvalue weighted by molar-refractivity contribution is 0.165. The third-order valence-corrected chi connectivity index (χ3v) is 6.92. The average Bonchev–Trinajstić information content (AvgIpc) is 2.53. The van der Waals surface area contributed by atoms with Gasteiger partial charge in [-0.1, -0.05) is 31.9 Å². The minimum atomic E-state index is 0. The Morgan fingerprint density at radius 1 is 0.727 bits per heavy atom. The fourth-order valence-corrected chi connectivity index (χ4v) is 4.99. The molecule has 126 valence electrons. The highest BCUT2D eigenvalue weighted by molar-refractivity contribution is 5.38. The summed E-state index contributed by atoms with van der Waals surface area (Å²) >= 11 is 0. The lowest BCUT2D eigenvalue weighted by Crippen LogP contribution is -2.24. The van der Waals surface area contributed by atoms with E-state index in [1.165, 1.54) is 68.1 Å². The van der Waals surface area contributed by atoms with Crippen LogP contribution in [-0.2, 0) is 0 Å². The Balaban J connectivity index is 0.00000144. The summed E-state index contributed by atoms with van der Waals surface area (Å²) in [6.45, 7) is 9.26. The molecule has 0 saturated heterocycles. The van der Waals surface area contributed by atoms with Gasteiger partial charge in [-0.3, -0.25) is 0 Å². The molecule has 0 atom stereocenters. The Morgan fingerprint density at radius 2 is 1.18 bits per heavy atom. The van der Waals surface area contributed by atoms with Crippen LogP contribution >= 0.6 is 0 Å². The molecule has 0 nitrogen and oxygen atoms in total. The van der Waals surface area contributed by atoms with E-state index in [-0.39, 0.29) is 2.85 Å². The van der Waals surface area contributed by atoms with E-state index in [0.29, 0.717) is 0 Å². The van der Waals surface area contributed by atoms with E-state index in [1.54, 1.807) is 5.56 Å². The summed E-state index contributed by atoms with van der Waals surface area (Å²) in [6.07, 6.45) is 11.8. The minimum Gasteiger partial charge on any atom is -0.0625 e. The van der Waals surface area contributed by atoms with E-state index in [2.05, 4.69) is 39.8 Å². The van der Waals surface area contributed by atoms with Crippen molar-refractivity contribution in [2.45, 2.75) is 85.0 Å². The summed E-state index contributed by atoms with van der Waals surface area (Å²) in [5.74, 6) is 3.91. The molecule has 2 saturated carbocycles. The molecule has 0 spiro atoms. The molecule has 0 radical (unpaired) electrons. The van der Waals surface area contributed by atoms with E-state index < -0.39 is 0 Å². The fraction of sp³-hybridized carbons (Fsp3) is 0.727. The normalized spacial score (nSPS) is 32.9. The molecule has 0 heteroatoms. The first-order valence-electron chi connectivity index (χ1n) is 9.62. The van der Waals surface area contributed by atoms with Crippen LogP contribution in [0.15, 0.2) is 12.1 Å². The van der Waals surface area contributed by atoms with Crippen molar-refractivity contribution < 1.29 is 2.85 Å². The predicted octanol–water partition coefficient (Wildman–Crippen LogP) is 7.20. The quantitative estimate of drug-likeness (QED) is 0.541. The zero-order valence-corrected chi connectivity index (χ0v) is 15.1. The van der Waals surface area contributed by atoms with Crippen molar-refractivity contribution in [3.63, 3.8) is 0 Å². The van der Waals surface area contributed by atoms with E-state index in [0.717, 1.165) is 23.7 Å². The van der Waals surface area contributed by atoms with Crippen molar-refractivity contribution in [3.8, 4) is 0 Å². The van der Waals surface area contributed by atoms with Crippen LogP contribution in [0, 0.1) is 38.5 Å². The van der Waals surface area contributed by atoms with Crippen molar-refractivity contribution in [1.29, 1.82) is 0 Å². The van der Waals surface area contributed by atoms with Crippen molar-refractivity contribution >= 4 is 0 Å². The summed E-state index contributed by atoms with van der Waals surface area (Å²) in [5.41, 5.74) is 6.07. The molecule has 1 aromatic rings.